The molecule has 0 aliphatic heterocycles. The molecule has 10 nitrogen and oxygen atoms in total. The summed E-state index contributed by atoms with van der Waals surface area (Å²) in [6, 6.07) is 3.42. The first-order chi connectivity index (χ1) is 12.9. The summed E-state index contributed by atoms with van der Waals surface area (Å²) < 4.78 is 3.35. The lowest BCUT2D eigenvalue weighted by atomic mass is 10.2. The average molecular weight is 366 g/mol. The maximum atomic E-state index is 11.8. The van der Waals surface area contributed by atoms with Crippen LogP contribution in [-0.2, 0) is 6.54 Å². The first-order valence-corrected chi connectivity index (χ1v) is 8.37. The Morgan fingerprint density at radius 3 is 2.81 bits per heavy atom. The fraction of sp³-hybridized carbons (Fsp3) is 0.235. The number of primary amides is 1. The summed E-state index contributed by atoms with van der Waals surface area (Å²) in [7, 11) is 0. The topological polar surface area (TPSA) is 140 Å². The largest absolute Gasteiger partial charge is 0.504 e. The van der Waals surface area contributed by atoms with Crippen molar-refractivity contribution in [3.05, 3.63) is 35.4 Å². The quantitative estimate of drug-likeness (QED) is 0.499. The van der Waals surface area contributed by atoms with Crippen LogP contribution in [0.15, 0.2) is 18.5 Å². The number of amides is 1. The highest BCUT2D eigenvalue weighted by molar-refractivity contribution is 6.01. The molecular formula is C17H18N8O2. The van der Waals surface area contributed by atoms with Crippen LogP contribution < -0.4 is 5.73 Å². The predicted molar refractivity (Wildman–Crippen MR) is 97.1 cm³/mol. The number of hydrogen-bond acceptors (Lipinski definition) is 6. The van der Waals surface area contributed by atoms with E-state index in [-0.39, 0.29) is 5.75 Å². The zero-order chi connectivity index (χ0) is 19.3. The molecule has 0 bridgehead atoms. The smallest absolute Gasteiger partial charge is 0.250 e. The molecule has 0 saturated carbocycles. The lowest BCUT2D eigenvalue weighted by Crippen LogP contribution is -2.10. The highest BCUT2D eigenvalue weighted by atomic mass is 16.3. The van der Waals surface area contributed by atoms with Gasteiger partial charge in [0, 0.05) is 12.2 Å². The molecule has 4 heterocycles. The first kappa shape index (κ1) is 16.8. The van der Waals surface area contributed by atoms with Crippen molar-refractivity contribution in [1.29, 1.82) is 0 Å². The van der Waals surface area contributed by atoms with Gasteiger partial charge in [0.25, 0.3) is 5.91 Å². The molecule has 10 heteroatoms. The zero-order valence-corrected chi connectivity index (χ0v) is 15.1. The third-order valence-corrected chi connectivity index (χ3v) is 4.40. The van der Waals surface area contributed by atoms with E-state index in [0.29, 0.717) is 46.4 Å². The van der Waals surface area contributed by atoms with Crippen molar-refractivity contribution in [1.82, 2.24) is 34.3 Å². The monoisotopic (exact) mass is 366 g/mol. The van der Waals surface area contributed by atoms with Crippen molar-refractivity contribution in [2.45, 2.75) is 27.3 Å². The van der Waals surface area contributed by atoms with Crippen LogP contribution in [0.1, 0.15) is 28.7 Å². The highest BCUT2D eigenvalue weighted by Gasteiger charge is 2.22. The number of nitrogens with one attached hydrogen (secondary N) is 1. The molecule has 4 N–H and O–H groups in total. The summed E-state index contributed by atoms with van der Waals surface area (Å²) >= 11 is 0. The van der Waals surface area contributed by atoms with Gasteiger partial charge in [-0.25, -0.2) is 9.97 Å². The predicted octanol–water partition coefficient (Wildman–Crippen LogP) is 1.42. The Morgan fingerprint density at radius 1 is 1.33 bits per heavy atom. The number of carbonyl (C=O) groups excluding carboxylic acids is 1. The van der Waals surface area contributed by atoms with E-state index in [9.17, 15) is 9.90 Å². The van der Waals surface area contributed by atoms with Gasteiger partial charge in [-0.15, -0.1) is 0 Å². The van der Waals surface area contributed by atoms with Gasteiger partial charge in [0.15, 0.2) is 11.6 Å². The van der Waals surface area contributed by atoms with E-state index in [4.69, 9.17) is 5.73 Å². The molecule has 0 aromatic carbocycles. The average Bonchev–Trinajstić information content (AvgIpc) is 3.31. The van der Waals surface area contributed by atoms with Crippen molar-refractivity contribution < 1.29 is 9.90 Å². The maximum Gasteiger partial charge on any atom is 0.250 e. The number of nitrogens with zero attached hydrogens (tertiary/aromatic N) is 6. The molecule has 0 aliphatic carbocycles. The molecule has 4 rings (SSSR count). The van der Waals surface area contributed by atoms with E-state index in [1.54, 1.807) is 34.5 Å². The number of aromatic nitrogens is 7. The minimum atomic E-state index is -0.540. The summed E-state index contributed by atoms with van der Waals surface area (Å²) in [4.78, 5) is 20.6. The Bertz CT molecular complexity index is 1180. The third-order valence-electron chi connectivity index (χ3n) is 4.40. The number of fused-ring (bicyclic) bond motifs is 1. The van der Waals surface area contributed by atoms with Crippen molar-refractivity contribution >= 4 is 11.4 Å². The number of carbonyl (C=O) groups is 1. The molecular weight excluding hydrogens is 348 g/mol. The number of rotatable bonds is 4. The van der Waals surface area contributed by atoms with Crippen LogP contribution in [0, 0.1) is 13.8 Å². The summed E-state index contributed by atoms with van der Waals surface area (Å²) in [6.07, 6.45) is 1.60. The van der Waals surface area contributed by atoms with Gasteiger partial charge in [-0.2, -0.15) is 10.2 Å². The van der Waals surface area contributed by atoms with Crippen LogP contribution in [0.5, 0.6) is 5.75 Å². The van der Waals surface area contributed by atoms with Crippen LogP contribution in [0.2, 0.25) is 0 Å². The number of aromatic hydroxyl groups is 1. The molecule has 4 aromatic heterocycles. The van der Waals surface area contributed by atoms with Crippen molar-refractivity contribution in [3.63, 3.8) is 0 Å². The Labute approximate surface area is 153 Å². The van der Waals surface area contributed by atoms with E-state index in [2.05, 4.69) is 25.3 Å². The van der Waals surface area contributed by atoms with Crippen molar-refractivity contribution in [3.8, 4) is 28.8 Å². The van der Waals surface area contributed by atoms with Crippen LogP contribution in [-0.4, -0.2) is 45.4 Å². The lowest BCUT2D eigenvalue weighted by molar-refractivity contribution is 0.100. The van der Waals surface area contributed by atoms with E-state index < -0.39 is 5.91 Å². The Balaban J connectivity index is 1.89. The number of H-pyrrole nitrogens is 1. The molecule has 0 atom stereocenters. The lowest BCUT2D eigenvalue weighted by Gasteiger charge is -2.01. The normalized spacial score (nSPS) is 11.4. The Kier molecular flexibility index (Phi) is 3.69. The maximum absolute atomic E-state index is 11.8. The molecule has 138 valence electrons. The molecule has 0 fully saturated rings. The van der Waals surface area contributed by atoms with Gasteiger partial charge in [0.05, 0.1) is 23.1 Å². The van der Waals surface area contributed by atoms with Gasteiger partial charge < -0.3 is 10.8 Å². The fourth-order valence-corrected chi connectivity index (χ4v) is 3.08. The second kappa shape index (κ2) is 5.94. The van der Waals surface area contributed by atoms with Gasteiger partial charge in [0.1, 0.15) is 11.4 Å². The fourth-order valence-electron chi connectivity index (χ4n) is 3.08. The summed E-state index contributed by atoms with van der Waals surface area (Å²) in [5.74, 6) is 0.221. The number of nitrogens with two attached hydrogens (primary N) is 1. The highest BCUT2D eigenvalue weighted by Crippen LogP contribution is 2.31. The number of aryl methyl sites for hydroxylation is 3. The molecule has 1 amide bonds. The standard InChI is InChI=1S/C17H18N8O2/c1-4-25-13(14(26)9(3)23-25)17-20-16(21-22-17)12-6-10(15(18)27)11-5-8(2)19-7-24(11)12/h5-7,26H,4H2,1-3H3,(H2,18,27)(H,20,21,22). The van der Waals surface area contributed by atoms with Crippen LogP contribution >= 0.6 is 0 Å². The van der Waals surface area contributed by atoms with Crippen LogP contribution in [0.4, 0.5) is 0 Å². The number of hydrogen-bond donors (Lipinski definition) is 3. The van der Waals surface area contributed by atoms with Crippen LogP contribution in [0.3, 0.4) is 0 Å². The SMILES string of the molecule is CCn1nc(C)c(O)c1-c1n[nH]c(-c2cc(C(N)=O)c3cc(C)ncn23)n1. The molecule has 0 aliphatic rings. The van der Waals surface area contributed by atoms with Gasteiger partial charge in [-0.3, -0.25) is 19.0 Å². The molecule has 0 saturated heterocycles. The summed E-state index contributed by atoms with van der Waals surface area (Å²) in [5.41, 5.74) is 8.81. The molecule has 0 spiro atoms. The van der Waals surface area contributed by atoms with E-state index in [1.807, 2.05) is 13.8 Å². The summed E-state index contributed by atoms with van der Waals surface area (Å²) in [5, 5.41) is 21.6. The Hall–Kier alpha value is -3.69. The zero-order valence-electron chi connectivity index (χ0n) is 15.1. The molecule has 4 aromatic rings. The van der Waals surface area contributed by atoms with Crippen molar-refractivity contribution in [2.24, 2.45) is 5.73 Å². The van der Waals surface area contributed by atoms with Gasteiger partial charge in [-0.05, 0) is 32.9 Å². The van der Waals surface area contributed by atoms with Gasteiger partial charge in [0.2, 0.25) is 5.82 Å². The van der Waals surface area contributed by atoms with E-state index in [0.717, 1.165) is 5.69 Å². The second-order valence-electron chi connectivity index (χ2n) is 6.20. The molecule has 0 radical (unpaired) electrons. The third kappa shape index (κ3) is 2.53. The minimum absolute atomic E-state index is 0.0394. The molecule has 27 heavy (non-hydrogen) atoms. The van der Waals surface area contributed by atoms with Gasteiger partial charge in [-0.1, -0.05) is 0 Å². The van der Waals surface area contributed by atoms with E-state index in [1.165, 1.54) is 0 Å². The first-order valence-electron chi connectivity index (χ1n) is 8.37. The van der Waals surface area contributed by atoms with Gasteiger partial charge >= 0.3 is 0 Å². The molecule has 0 unspecified atom stereocenters. The summed E-state index contributed by atoms with van der Waals surface area (Å²) in [6.45, 7) is 6.02. The minimum Gasteiger partial charge on any atom is -0.504 e. The number of aromatic amines is 1. The Morgan fingerprint density at radius 2 is 2.11 bits per heavy atom. The van der Waals surface area contributed by atoms with Crippen molar-refractivity contribution in [2.75, 3.05) is 0 Å². The van der Waals surface area contributed by atoms with E-state index >= 15 is 0 Å². The van der Waals surface area contributed by atoms with Crippen LogP contribution in [0.25, 0.3) is 28.6 Å². The second-order valence-corrected chi connectivity index (χ2v) is 6.20.